The number of nitrogens with one attached hydrogen (secondary N) is 1. The summed E-state index contributed by atoms with van der Waals surface area (Å²) in [6.45, 7) is 0.426. The molecule has 204 valence electrons. The first-order valence-corrected chi connectivity index (χ1v) is 12.6. The summed E-state index contributed by atoms with van der Waals surface area (Å²) in [6.07, 6.45) is 1.13. The normalized spacial score (nSPS) is 15.4. The Hall–Kier alpha value is -4.21. The van der Waals surface area contributed by atoms with Gasteiger partial charge in [-0.25, -0.2) is 0 Å². The summed E-state index contributed by atoms with van der Waals surface area (Å²) >= 11 is 0. The number of rotatable bonds is 10. The number of aliphatic hydroxyl groups is 1. The van der Waals surface area contributed by atoms with Gasteiger partial charge in [0.2, 0.25) is 11.7 Å². The quantitative estimate of drug-likeness (QED) is 0.383. The molecule has 1 heterocycles. The van der Waals surface area contributed by atoms with Crippen molar-refractivity contribution in [3.05, 3.63) is 89.5 Å². The molecule has 0 aromatic heterocycles. The molecule has 0 saturated carbocycles. The number of Topliss-reactive ketones (excluding diaryl/α,β-unsaturated/α-hetero) is 1. The minimum Gasteiger partial charge on any atom is -0.493 e. The zero-order valence-corrected chi connectivity index (χ0v) is 22.2. The first kappa shape index (κ1) is 27.8. The van der Waals surface area contributed by atoms with Crippen molar-refractivity contribution in [3.63, 3.8) is 0 Å². The van der Waals surface area contributed by atoms with Crippen LogP contribution in [0, 0.1) is 0 Å². The number of benzene rings is 3. The minimum absolute atomic E-state index is 0.0697. The van der Waals surface area contributed by atoms with Crippen molar-refractivity contribution >= 4 is 17.6 Å². The summed E-state index contributed by atoms with van der Waals surface area (Å²) in [6, 6.07) is 19.4. The van der Waals surface area contributed by atoms with E-state index in [1.54, 1.807) is 77.7 Å². The van der Waals surface area contributed by atoms with Gasteiger partial charge in [0.25, 0.3) is 5.91 Å². The lowest BCUT2D eigenvalue weighted by atomic mass is 9.85. The maximum absolute atomic E-state index is 13.5. The number of ketones is 1. The molecule has 39 heavy (non-hydrogen) atoms. The Balaban J connectivity index is 1.54. The molecule has 1 aliphatic rings. The van der Waals surface area contributed by atoms with Crippen LogP contribution in [0.1, 0.15) is 34.3 Å². The smallest absolute Gasteiger partial charge is 0.267 e. The van der Waals surface area contributed by atoms with Gasteiger partial charge in [-0.2, -0.15) is 0 Å². The van der Waals surface area contributed by atoms with E-state index in [2.05, 4.69) is 5.32 Å². The van der Waals surface area contributed by atoms with E-state index in [9.17, 15) is 19.5 Å². The largest absolute Gasteiger partial charge is 0.493 e. The highest BCUT2D eigenvalue weighted by Crippen LogP contribution is 2.40. The lowest BCUT2D eigenvalue weighted by Gasteiger charge is -2.29. The van der Waals surface area contributed by atoms with E-state index in [1.807, 2.05) is 0 Å². The summed E-state index contributed by atoms with van der Waals surface area (Å²) in [7, 11) is 4.38. The molecule has 1 atom stereocenters. The molecule has 0 radical (unpaired) electrons. The van der Waals surface area contributed by atoms with E-state index in [-0.39, 0.29) is 18.1 Å². The minimum atomic E-state index is -2.08. The Kier molecular flexibility index (Phi) is 8.63. The predicted molar refractivity (Wildman–Crippen MR) is 144 cm³/mol. The number of hydrogen-bond donors (Lipinski definition) is 2. The first-order chi connectivity index (χ1) is 18.8. The summed E-state index contributed by atoms with van der Waals surface area (Å²) < 4.78 is 16.1. The molecule has 1 fully saturated rings. The maximum atomic E-state index is 13.5. The van der Waals surface area contributed by atoms with Crippen molar-refractivity contribution in [2.45, 2.75) is 24.5 Å². The van der Waals surface area contributed by atoms with Crippen molar-refractivity contribution < 1.29 is 33.7 Å². The second kappa shape index (κ2) is 12.1. The Morgan fingerprint density at radius 2 is 1.46 bits per heavy atom. The van der Waals surface area contributed by atoms with E-state index in [0.717, 1.165) is 0 Å². The number of carbonyl (C=O) groups excluding carboxylic acids is 3. The molecule has 2 N–H and O–H groups in total. The summed E-state index contributed by atoms with van der Waals surface area (Å²) in [5.41, 5.74) is -1.12. The van der Waals surface area contributed by atoms with Crippen LogP contribution in [-0.4, -0.2) is 68.1 Å². The van der Waals surface area contributed by atoms with E-state index in [4.69, 9.17) is 14.2 Å². The third-order valence-electron chi connectivity index (χ3n) is 6.97. The lowest BCUT2D eigenvalue weighted by molar-refractivity contribution is -0.142. The molecule has 0 spiro atoms. The predicted octanol–water partition coefficient (Wildman–Crippen LogP) is 2.94. The SMILES string of the molecule is COc1ccc(C(=O)CN2CCC[C@H]2C(=O)NC(=O)C(O)(c2ccccc2)c2ccccc2)c(OC)c1OC. The standard InChI is InChI=1S/C30H32N2O7/c1-37-25-17-16-22(26(38-2)27(25)39-3)24(33)19-32-18-10-15-23(32)28(34)31-29(35)30(36,20-11-6-4-7-12-20)21-13-8-5-9-14-21/h4-9,11-14,16-17,23,36H,10,15,18-19H2,1-3H3,(H,31,34,35)/t23-/m0/s1. The zero-order chi connectivity index (χ0) is 28.0. The fourth-order valence-corrected chi connectivity index (χ4v) is 4.98. The number of likely N-dealkylation sites (tertiary alicyclic amines) is 1. The number of ether oxygens (including phenoxy) is 3. The molecule has 2 amide bonds. The van der Waals surface area contributed by atoms with E-state index < -0.39 is 23.5 Å². The van der Waals surface area contributed by atoms with Crippen LogP contribution in [0.25, 0.3) is 0 Å². The van der Waals surface area contributed by atoms with Gasteiger partial charge in [0.1, 0.15) is 0 Å². The van der Waals surface area contributed by atoms with Crippen LogP contribution < -0.4 is 19.5 Å². The molecule has 3 aromatic rings. The highest BCUT2D eigenvalue weighted by molar-refractivity contribution is 6.04. The fraction of sp³-hybridized carbons (Fsp3) is 0.300. The van der Waals surface area contributed by atoms with Gasteiger partial charge in [0.15, 0.2) is 22.9 Å². The van der Waals surface area contributed by atoms with Gasteiger partial charge in [0.05, 0.1) is 39.5 Å². The number of amides is 2. The molecular weight excluding hydrogens is 500 g/mol. The Morgan fingerprint density at radius 1 is 0.872 bits per heavy atom. The summed E-state index contributed by atoms with van der Waals surface area (Å²) in [5.74, 6) is -0.739. The van der Waals surface area contributed by atoms with Crippen LogP contribution in [0.3, 0.4) is 0 Å². The number of hydrogen-bond acceptors (Lipinski definition) is 8. The van der Waals surface area contributed by atoms with Crippen LogP contribution in [0.5, 0.6) is 17.2 Å². The highest BCUT2D eigenvalue weighted by Gasteiger charge is 2.42. The maximum Gasteiger partial charge on any atom is 0.267 e. The van der Waals surface area contributed by atoms with Crippen LogP contribution in [0.2, 0.25) is 0 Å². The van der Waals surface area contributed by atoms with Gasteiger partial charge in [-0.15, -0.1) is 0 Å². The second-order valence-corrected chi connectivity index (χ2v) is 9.19. The number of nitrogens with zero attached hydrogens (tertiary/aromatic N) is 1. The van der Waals surface area contributed by atoms with Crippen LogP contribution >= 0.6 is 0 Å². The van der Waals surface area contributed by atoms with Crippen LogP contribution in [0.15, 0.2) is 72.8 Å². The summed E-state index contributed by atoms with van der Waals surface area (Å²) in [5, 5.41) is 14.1. The van der Waals surface area contributed by atoms with Crippen molar-refractivity contribution in [2.75, 3.05) is 34.4 Å². The third-order valence-corrected chi connectivity index (χ3v) is 6.97. The number of imide groups is 1. The molecule has 9 nitrogen and oxygen atoms in total. The topological polar surface area (TPSA) is 114 Å². The first-order valence-electron chi connectivity index (χ1n) is 12.6. The van der Waals surface area contributed by atoms with Crippen molar-refractivity contribution in [2.24, 2.45) is 0 Å². The van der Waals surface area contributed by atoms with Gasteiger partial charge in [-0.3, -0.25) is 24.6 Å². The van der Waals surface area contributed by atoms with Gasteiger partial charge in [-0.1, -0.05) is 60.7 Å². The molecule has 0 bridgehead atoms. The van der Waals surface area contributed by atoms with E-state index in [1.165, 1.54) is 21.3 Å². The lowest BCUT2D eigenvalue weighted by Crippen LogP contribution is -2.53. The van der Waals surface area contributed by atoms with E-state index in [0.29, 0.717) is 47.6 Å². The molecule has 0 unspecified atom stereocenters. The average molecular weight is 533 g/mol. The van der Waals surface area contributed by atoms with Crippen LogP contribution in [-0.2, 0) is 15.2 Å². The molecular formula is C30H32N2O7. The van der Waals surface area contributed by atoms with Gasteiger partial charge in [0, 0.05) is 0 Å². The number of methoxy groups -OCH3 is 3. The Morgan fingerprint density at radius 3 is 2.00 bits per heavy atom. The van der Waals surface area contributed by atoms with Gasteiger partial charge >= 0.3 is 0 Å². The molecule has 3 aromatic carbocycles. The average Bonchev–Trinajstić information content (AvgIpc) is 3.44. The highest BCUT2D eigenvalue weighted by atomic mass is 16.5. The molecule has 0 aliphatic carbocycles. The zero-order valence-electron chi connectivity index (χ0n) is 22.2. The molecule has 9 heteroatoms. The number of carbonyl (C=O) groups is 3. The van der Waals surface area contributed by atoms with E-state index >= 15 is 0 Å². The van der Waals surface area contributed by atoms with Crippen LogP contribution in [0.4, 0.5) is 0 Å². The van der Waals surface area contributed by atoms with Gasteiger partial charge < -0.3 is 19.3 Å². The monoisotopic (exact) mass is 532 g/mol. The second-order valence-electron chi connectivity index (χ2n) is 9.19. The molecule has 4 rings (SSSR count). The Labute approximate surface area is 227 Å². The molecule has 1 saturated heterocycles. The van der Waals surface area contributed by atoms with Crippen molar-refractivity contribution in [1.29, 1.82) is 0 Å². The van der Waals surface area contributed by atoms with Crippen molar-refractivity contribution in [1.82, 2.24) is 10.2 Å². The third kappa shape index (κ3) is 5.50. The van der Waals surface area contributed by atoms with Crippen molar-refractivity contribution in [3.8, 4) is 17.2 Å². The fourth-order valence-electron chi connectivity index (χ4n) is 4.98. The van der Waals surface area contributed by atoms with Gasteiger partial charge in [-0.05, 0) is 42.6 Å². The molecule has 1 aliphatic heterocycles. The Bertz CT molecular complexity index is 1290. The summed E-state index contributed by atoms with van der Waals surface area (Å²) in [4.78, 5) is 41.9.